The van der Waals surface area contributed by atoms with Crippen LogP contribution >= 0.6 is 11.6 Å². The lowest BCUT2D eigenvalue weighted by Gasteiger charge is -2.13. The average Bonchev–Trinajstić information content (AvgIpc) is 3.11. The van der Waals surface area contributed by atoms with Crippen LogP contribution in [0.25, 0.3) is 11.3 Å². The number of nitrogens with one attached hydrogen (secondary N) is 2. The van der Waals surface area contributed by atoms with Gasteiger partial charge >= 0.3 is 0 Å². The number of amides is 1. The van der Waals surface area contributed by atoms with Crippen molar-refractivity contribution in [2.24, 2.45) is 0 Å². The van der Waals surface area contributed by atoms with Crippen LogP contribution < -0.4 is 5.32 Å². The van der Waals surface area contributed by atoms with E-state index in [2.05, 4.69) is 27.6 Å². The zero-order valence-corrected chi connectivity index (χ0v) is 14.8. The predicted molar refractivity (Wildman–Crippen MR) is 101 cm³/mol. The largest absolute Gasteiger partial charge is 0.348 e. The molecule has 1 aromatic heterocycles. The maximum absolute atomic E-state index is 12.4. The lowest BCUT2D eigenvalue weighted by atomic mass is 10.1. The smallest absolute Gasteiger partial charge is 0.269 e. The molecule has 0 aliphatic heterocycles. The first-order chi connectivity index (χ1) is 12.1. The molecule has 1 amide bonds. The van der Waals surface area contributed by atoms with Gasteiger partial charge in [-0.15, -0.1) is 0 Å². The second-order valence-corrected chi connectivity index (χ2v) is 6.45. The second kappa shape index (κ2) is 7.99. The highest BCUT2D eigenvalue weighted by atomic mass is 35.5. The number of aromatic amines is 1. The summed E-state index contributed by atoms with van der Waals surface area (Å²) in [6.45, 7) is 2.01. The number of carbonyl (C=O) groups is 1. The minimum atomic E-state index is -0.161. The van der Waals surface area contributed by atoms with E-state index in [4.69, 9.17) is 11.6 Å². The van der Waals surface area contributed by atoms with Crippen molar-refractivity contribution in [2.75, 3.05) is 0 Å². The molecule has 0 aliphatic carbocycles. The topological polar surface area (TPSA) is 57.8 Å². The number of halogens is 1. The quantitative estimate of drug-likeness (QED) is 0.686. The third-order valence-corrected chi connectivity index (χ3v) is 4.39. The van der Waals surface area contributed by atoms with Crippen LogP contribution in [0.2, 0.25) is 5.02 Å². The molecule has 128 valence electrons. The highest BCUT2D eigenvalue weighted by Crippen LogP contribution is 2.26. The van der Waals surface area contributed by atoms with Gasteiger partial charge in [0.05, 0.1) is 10.7 Å². The van der Waals surface area contributed by atoms with Crippen LogP contribution in [0.3, 0.4) is 0 Å². The average molecular weight is 354 g/mol. The normalized spacial score (nSPS) is 11.9. The Bertz CT molecular complexity index is 845. The summed E-state index contributed by atoms with van der Waals surface area (Å²) >= 11 is 6.18. The standard InChI is InChI=1S/C20H20ClN3O/c1-14(11-12-15-7-3-2-4-8-15)22-20(25)19-13-18(23-24-19)16-9-5-6-10-17(16)21/h2-10,13-14H,11-12H2,1H3,(H,22,25)(H,23,24)/t14-/m0/s1. The van der Waals surface area contributed by atoms with Crippen molar-refractivity contribution < 1.29 is 4.79 Å². The molecule has 0 unspecified atom stereocenters. The first-order valence-electron chi connectivity index (χ1n) is 8.28. The Hall–Kier alpha value is -2.59. The molecule has 0 aliphatic rings. The van der Waals surface area contributed by atoms with Gasteiger partial charge in [0.25, 0.3) is 5.91 Å². The van der Waals surface area contributed by atoms with E-state index in [-0.39, 0.29) is 11.9 Å². The molecule has 0 fully saturated rings. The molecule has 0 spiro atoms. The van der Waals surface area contributed by atoms with Crippen molar-refractivity contribution in [1.29, 1.82) is 0 Å². The van der Waals surface area contributed by atoms with Gasteiger partial charge in [0, 0.05) is 11.6 Å². The van der Waals surface area contributed by atoms with Gasteiger partial charge < -0.3 is 5.32 Å². The summed E-state index contributed by atoms with van der Waals surface area (Å²) in [5.74, 6) is -0.161. The van der Waals surface area contributed by atoms with Gasteiger partial charge in [-0.3, -0.25) is 9.89 Å². The second-order valence-electron chi connectivity index (χ2n) is 6.05. The maximum atomic E-state index is 12.4. The highest BCUT2D eigenvalue weighted by molar-refractivity contribution is 6.33. The maximum Gasteiger partial charge on any atom is 0.269 e. The number of rotatable bonds is 6. The Morgan fingerprint density at radius 3 is 2.64 bits per heavy atom. The molecule has 0 saturated heterocycles. The molecule has 0 saturated carbocycles. The minimum absolute atomic E-state index is 0.0692. The van der Waals surface area contributed by atoms with E-state index < -0.39 is 0 Å². The van der Waals surface area contributed by atoms with Crippen LogP contribution in [0.1, 0.15) is 29.4 Å². The predicted octanol–water partition coefficient (Wildman–Crippen LogP) is 4.48. The number of nitrogens with zero attached hydrogens (tertiary/aromatic N) is 1. The van der Waals surface area contributed by atoms with Crippen molar-refractivity contribution >= 4 is 17.5 Å². The van der Waals surface area contributed by atoms with Gasteiger partial charge in [-0.1, -0.05) is 60.1 Å². The fourth-order valence-corrected chi connectivity index (χ4v) is 2.88. The van der Waals surface area contributed by atoms with E-state index in [1.54, 1.807) is 12.1 Å². The van der Waals surface area contributed by atoms with E-state index in [1.165, 1.54) is 5.56 Å². The molecule has 0 radical (unpaired) electrons. The third-order valence-electron chi connectivity index (χ3n) is 4.06. The Kier molecular flexibility index (Phi) is 5.51. The number of aryl methyl sites for hydroxylation is 1. The van der Waals surface area contributed by atoms with Crippen molar-refractivity contribution in [3.05, 3.63) is 76.9 Å². The van der Waals surface area contributed by atoms with Crippen LogP contribution in [0.5, 0.6) is 0 Å². The highest BCUT2D eigenvalue weighted by Gasteiger charge is 2.14. The van der Waals surface area contributed by atoms with E-state index in [0.29, 0.717) is 16.4 Å². The monoisotopic (exact) mass is 353 g/mol. The Morgan fingerprint density at radius 2 is 1.88 bits per heavy atom. The molecule has 4 nitrogen and oxygen atoms in total. The van der Waals surface area contributed by atoms with E-state index in [0.717, 1.165) is 18.4 Å². The van der Waals surface area contributed by atoms with Gasteiger partial charge in [0.2, 0.25) is 0 Å². The molecular weight excluding hydrogens is 334 g/mol. The van der Waals surface area contributed by atoms with Gasteiger partial charge in [-0.2, -0.15) is 5.10 Å². The molecule has 3 rings (SSSR count). The molecule has 3 aromatic rings. The fraction of sp³-hybridized carbons (Fsp3) is 0.200. The number of hydrogen-bond acceptors (Lipinski definition) is 2. The summed E-state index contributed by atoms with van der Waals surface area (Å²) in [7, 11) is 0. The van der Waals surface area contributed by atoms with Crippen molar-refractivity contribution in [1.82, 2.24) is 15.5 Å². The Labute approximate surface area is 152 Å². The van der Waals surface area contributed by atoms with Crippen LogP contribution in [0, 0.1) is 0 Å². The van der Waals surface area contributed by atoms with Crippen LogP contribution in [0.15, 0.2) is 60.7 Å². The van der Waals surface area contributed by atoms with Gasteiger partial charge in [-0.25, -0.2) is 0 Å². The summed E-state index contributed by atoms with van der Waals surface area (Å²) in [5.41, 5.74) is 3.16. The molecule has 2 aromatic carbocycles. The van der Waals surface area contributed by atoms with E-state index in [1.807, 2.05) is 43.3 Å². The fourth-order valence-electron chi connectivity index (χ4n) is 2.65. The number of carbonyl (C=O) groups excluding carboxylic acids is 1. The first-order valence-corrected chi connectivity index (χ1v) is 8.66. The number of benzene rings is 2. The molecule has 0 bridgehead atoms. The van der Waals surface area contributed by atoms with Crippen LogP contribution in [0.4, 0.5) is 0 Å². The van der Waals surface area contributed by atoms with Crippen LogP contribution in [-0.2, 0) is 6.42 Å². The summed E-state index contributed by atoms with van der Waals surface area (Å²) in [4.78, 5) is 12.4. The molecule has 5 heteroatoms. The summed E-state index contributed by atoms with van der Waals surface area (Å²) in [6, 6.07) is 19.5. The molecule has 1 heterocycles. The van der Waals surface area contributed by atoms with E-state index >= 15 is 0 Å². The molecular formula is C20H20ClN3O. The van der Waals surface area contributed by atoms with Gasteiger partial charge in [-0.05, 0) is 37.5 Å². The van der Waals surface area contributed by atoms with Crippen molar-refractivity contribution in [2.45, 2.75) is 25.8 Å². The van der Waals surface area contributed by atoms with Crippen molar-refractivity contribution in [3.8, 4) is 11.3 Å². The number of aromatic nitrogens is 2. The van der Waals surface area contributed by atoms with Gasteiger partial charge in [0.1, 0.15) is 5.69 Å². The minimum Gasteiger partial charge on any atom is -0.348 e. The SMILES string of the molecule is C[C@@H](CCc1ccccc1)NC(=O)c1cc(-c2ccccc2Cl)n[nH]1. The zero-order valence-electron chi connectivity index (χ0n) is 14.0. The van der Waals surface area contributed by atoms with E-state index in [9.17, 15) is 4.79 Å². The van der Waals surface area contributed by atoms with Crippen LogP contribution in [-0.4, -0.2) is 22.1 Å². The molecule has 25 heavy (non-hydrogen) atoms. The number of hydrogen-bond donors (Lipinski definition) is 2. The lowest BCUT2D eigenvalue weighted by Crippen LogP contribution is -2.33. The third kappa shape index (κ3) is 4.48. The Morgan fingerprint density at radius 1 is 1.16 bits per heavy atom. The zero-order chi connectivity index (χ0) is 17.6. The lowest BCUT2D eigenvalue weighted by molar-refractivity contribution is 0.0933. The molecule has 1 atom stereocenters. The molecule has 2 N–H and O–H groups in total. The summed E-state index contributed by atoms with van der Waals surface area (Å²) in [6.07, 6.45) is 1.80. The van der Waals surface area contributed by atoms with Gasteiger partial charge in [0.15, 0.2) is 0 Å². The summed E-state index contributed by atoms with van der Waals surface area (Å²) < 4.78 is 0. The number of H-pyrrole nitrogens is 1. The first kappa shape index (κ1) is 17.2. The summed E-state index contributed by atoms with van der Waals surface area (Å²) in [5, 5.41) is 10.6. The van der Waals surface area contributed by atoms with Crippen molar-refractivity contribution in [3.63, 3.8) is 0 Å². The Balaban J connectivity index is 1.59.